The molecule has 2 aromatic rings. The number of benzene rings is 2. The van der Waals surface area contributed by atoms with Crippen molar-refractivity contribution in [1.82, 2.24) is 5.32 Å². The lowest BCUT2D eigenvalue weighted by molar-refractivity contribution is 0.0953. The summed E-state index contributed by atoms with van der Waals surface area (Å²) in [5, 5.41) is 7.82. The summed E-state index contributed by atoms with van der Waals surface area (Å²) >= 11 is 4.97. The van der Waals surface area contributed by atoms with E-state index in [4.69, 9.17) is 28.4 Å². The Bertz CT molecular complexity index is 1000. The Kier molecular flexibility index (Phi) is 14.9. The van der Waals surface area contributed by atoms with Crippen molar-refractivity contribution in [3.05, 3.63) is 91.7 Å². The molecule has 0 aliphatic heterocycles. The van der Waals surface area contributed by atoms with E-state index in [2.05, 4.69) is 25.4 Å². The number of amides is 1. The predicted molar refractivity (Wildman–Crippen MR) is 112 cm³/mol. The molecule has 15 heteroatoms. The Morgan fingerprint density at radius 3 is 1.64 bits per heavy atom. The van der Waals surface area contributed by atoms with Crippen LogP contribution in [0.25, 0.3) is 20.9 Å². The molecule has 0 saturated heterocycles. The first-order valence-corrected chi connectivity index (χ1v) is 9.14. The number of nitrogens with two attached hydrogens (primary N) is 1. The average Bonchev–Trinajstić information content (AvgIpc) is 2.74. The molecule has 0 radical (unpaired) electrons. The van der Waals surface area contributed by atoms with E-state index >= 15 is 0 Å². The van der Waals surface area contributed by atoms with Gasteiger partial charge in [0.1, 0.15) is 23.3 Å². The normalized spacial score (nSPS) is 9.03. The van der Waals surface area contributed by atoms with Gasteiger partial charge in [-0.1, -0.05) is 10.2 Å². The van der Waals surface area contributed by atoms with Gasteiger partial charge in [-0.2, -0.15) is 0 Å². The summed E-state index contributed by atoms with van der Waals surface area (Å²) in [7, 11) is 0. The van der Waals surface area contributed by atoms with Crippen LogP contribution < -0.4 is 11.1 Å². The van der Waals surface area contributed by atoms with Crippen molar-refractivity contribution in [3.8, 4) is 0 Å². The maximum absolute atomic E-state index is 12.7. The van der Waals surface area contributed by atoms with Crippen LogP contribution in [-0.4, -0.2) is 37.3 Å². The molecule has 1 amide bonds. The highest BCUT2D eigenvalue weighted by molar-refractivity contribution is 6.67. The number of halogens is 5. The van der Waals surface area contributed by atoms with E-state index in [0.29, 0.717) is 25.2 Å². The zero-order valence-electron chi connectivity index (χ0n) is 16.8. The predicted octanol–water partition coefficient (Wildman–Crippen LogP) is 4.60. The van der Waals surface area contributed by atoms with Crippen LogP contribution in [-0.2, 0) is 0 Å². The second kappa shape index (κ2) is 16.8. The first-order valence-electron chi connectivity index (χ1n) is 8.76. The lowest BCUT2D eigenvalue weighted by Gasteiger charge is -2.03. The van der Waals surface area contributed by atoms with E-state index in [0.717, 1.165) is 24.3 Å². The first kappa shape index (κ1) is 29.2. The monoisotopic (exact) mass is 488 g/mol. The molecule has 10 nitrogen and oxygen atoms in total. The van der Waals surface area contributed by atoms with E-state index < -0.39 is 34.4 Å². The third-order valence-corrected chi connectivity index (χ3v) is 3.29. The second-order valence-electron chi connectivity index (χ2n) is 5.54. The molecule has 0 spiro atoms. The molecule has 0 heterocycles. The Morgan fingerprint density at radius 1 is 0.848 bits per heavy atom. The van der Waals surface area contributed by atoms with Crippen LogP contribution in [0.2, 0.25) is 0 Å². The number of azide groups is 2. The molecule has 0 atom stereocenters. The maximum Gasteiger partial charge on any atom is 0.252 e. The smallest absolute Gasteiger partial charge is 0.252 e. The molecule has 33 heavy (non-hydrogen) atoms. The summed E-state index contributed by atoms with van der Waals surface area (Å²) in [5.41, 5.74) is 20.2. The highest BCUT2D eigenvalue weighted by Gasteiger charge is 2.08. The van der Waals surface area contributed by atoms with Gasteiger partial charge in [0.15, 0.2) is 0 Å². The largest absolute Gasteiger partial charge is 0.352 e. The molecule has 0 bridgehead atoms. The SMILES string of the molecule is O=C(Cl)c1cc(F)cc(F)c1.[N-]=[N+]=NCCN.[N-]=[N+]=NCCNC(=O)c1cc(F)cc(F)c1. The second-order valence-corrected chi connectivity index (χ2v) is 5.89. The highest BCUT2D eigenvalue weighted by atomic mass is 35.5. The zero-order chi connectivity index (χ0) is 25.2. The van der Waals surface area contributed by atoms with Crippen molar-refractivity contribution in [3.63, 3.8) is 0 Å². The minimum absolute atomic E-state index is 0.0834. The van der Waals surface area contributed by atoms with E-state index in [-0.39, 0.29) is 24.2 Å². The maximum atomic E-state index is 12.7. The van der Waals surface area contributed by atoms with Crippen molar-refractivity contribution in [2.24, 2.45) is 16.0 Å². The zero-order valence-corrected chi connectivity index (χ0v) is 17.5. The van der Waals surface area contributed by atoms with Crippen molar-refractivity contribution >= 4 is 22.8 Å². The fraction of sp³-hybridized carbons (Fsp3) is 0.222. The van der Waals surface area contributed by atoms with Crippen LogP contribution >= 0.6 is 11.6 Å². The van der Waals surface area contributed by atoms with Gasteiger partial charge >= 0.3 is 0 Å². The molecule has 3 N–H and O–H groups in total. The van der Waals surface area contributed by atoms with Gasteiger partial charge in [-0.3, -0.25) is 9.59 Å². The lowest BCUT2D eigenvalue weighted by Crippen LogP contribution is -2.26. The molecular weight excluding hydrogens is 472 g/mol. The standard InChI is InChI=1S/C9H8F2N4O.C7H3ClF2O.C2H6N4/c10-7-3-6(4-8(11)5-7)9(16)13-1-2-14-15-12;8-7(11)4-1-5(9)3-6(10)2-4;3-1-2-5-6-4/h3-5H,1-2H2,(H,13,16);1-3H;1-3H2. The van der Waals surface area contributed by atoms with E-state index in [9.17, 15) is 27.2 Å². The van der Waals surface area contributed by atoms with Gasteiger partial charge in [-0.05, 0) is 53.5 Å². The molecular formula is C18H17ClF4N8O2. The highest BCUT2D eigenvalue weighted by Crippen LogP contribution is 2.10. The van der Waals surface area contributed by atoms with Crippen molar-refractivity contribution in [2.75, 3.05) is 26.2 Å². The number of nitrogens with one attached hydrogen (secondary N) is 1. The van der Waals surface area contributed by atoms with Crippen LogP contribution in [0, 0.1) is 23.3 Å². The molecule has 2 rings (SSSR count). The fourth-order valence-corrected chi connectivity index (χ4v) is 1.93. The van der Waals surface area contributed by atoms with Gasteiger partial charge in [0.2, 0.25) is 0 Å². The number of carbonyl (C=O) groups excluding carboxylic acids is 2. The summed E-state index contributed by atoms with van der Waals surface area (Å²) in [6.45, 7) is 1.03. The van der Waals surface area contributed by atoms with Gasteiger partial charge in [-0.15, -0.1) is 0 Å². The van der Waals surface area contributed by atoms with Crippen LogP contribution in [0.4, 0.5) is 17.6 Å². The van der Waals surface area contributed by atoms with Crippen LogP contribution in [0.1, 0.15) is 20.7 Å². The van der Waals surface area contributed by atoms with Gasteiger partial charge in [0, 0.05) is 52.7 Å². The number of hydrogen-bond acceptors (Lipinski definition) is 5. The Balaban J connectivity index is 0.000000520. The summed E-state index contributed by atoms with van der Waals surface area (Å²) in [5.74, 6) is -3.88. The number of hydrogen-bond donors (Lipinski definition) is 2. The Morgan fingerprint density at radius 2 is 1.27 bits per heavy atom. The average molecular weight is 489 g/mol. The summed E-state index contributed by atoms with van der Waals surface area (Å²) in [6, 6.07) is 4.94. The van der Waals surface area contributed by atoms with Gasteiger partial charge in [-0.25, -0.2) is 17.6 Å². The number of rotatable bonds is 7. The number of nitrogens with zero attached hydrogens (tertiary/aromatic N) is 6. The topological polar surface area (TPSA) is 170 Å². The van der Waals surface area contributed by atoms with Gasteiger partial charge in [0.25, 0.3) is 11.1 Å². The summed E-state index contributed by atoms with van der Waals surface area (Å²) in [4.78, 5) is 26.7. The molecule has 0 aliphatic carbocycles. The van der Waals surface area contributed by atoms with Crippen molar-refractivity contribution in [2.45, 2.75) is 0 Å². The molecule has 0 aromatic heterocycles. The third-order valence-electron chi connectivity index (χ3n) is 3.07. The molecule has 0 aliphatic rings. The lowest BCUT2D eigenvalue weighted by atomic mass is 10.2. The van der Waals surface area contributed by atoms with Crippen LogP contribution in [0.15, 0.2) is 46.6 Å². The quantitative estimate of drug-likeness (QED) is 0.145. The Hall–Kier alpha value is -3.83. The summed E-state index contributed by atoms with van der Waals surface area (Å²) < 4.78 is 50.2. The number of carbonyl (C=O) groups is 2. The molecule has 0 fully saturated rings. The van der Waals surface area contributed by atoms with Crippen LogP contribution in [0.3, 0.4) is 0 Å². The Labute approximate surface area is 189 Å². The van der Waals surface area contributed by atoms with Crippen molar-refractivity contribution in [1.29, 1.82) is 0 Å². The molecule has 0 unspecified atom stereocenters. The summed E-state index contributed by atoms with van der Waals surface area (Å²) in [6.07, 6.45) is 0. The van der Waals surface area contributed by atoms with E-state index in [1.54, 1.807) is 0 Å². The van der Waals surface area contributed by atoms with E-state index in [1.807, 2.05) is 0 Å². The van der Waals surface area contributed by atoms with Gasteiger partial charge in [0.05, 0.1) is 0 Å². The minimum atomic E-state index is -0.872. The molecule has 2 aromatic carbocycles. The fourth-order valence-electron chi connectivity index (χ4n) is 1.82. The van der Waals surface area contributed by atoms with Crippen molar-refractivity contribution < 1.29 is 27.2 Å². The minimum Gasteiger partial charge on any atom is -0.352 e. The molecule has 176 valence electrons. The molecule has 0 saturated carbocycles. The first-order chi connectivity index (χ1) is 15.6. The van der Waals surface area contributed by atoms with Gasteiger partial charge < -0.3 is 11.1 Å². The van der Waals surface area contributed by atoms with Crippen LogP contribution in [0.5, 0.6) is 0 Å². The third kappa shape index (κ3) is 14.0. The van der Waals surface area contributed by atoms with E-state index in [1.165, 1.54) is 0 Å².